The van der Waals surface area contributed by atoms with E-state index < -0.39 is 11.6 Å². The Kier molecular flexibility index (Phi) is 4.24. The summed E-state index contributed by atoms with van der Waals surface area (Å²) in [6.45, 7) is 7.28. The van der Waals surface area contributed by atoms with Crippen LogP contribution in [0.1, 0.15) is 36.6 Å². The predicted octanol–water partition coefficient (Wildman–Crippen LogP) is 2.09. The van der Waals surface area contributed by atoms with Crippen LogP contribution in [0.25, 0.3) is 0 Å². The molecule has 0 heterocycles. The molecule has 0 saturated carbocycles. The number of hydrogen-bond donors (Lipinski definition) is 2. The van der Waals surface area contributed by atoms with Gasteiger partial charge in [0.2, 0.25) is 0 Å². The number of benzene rings is 1. The van der Waals surface area contributed by atoms with Crippen molar-refractivity contribution >= 4 is 0 Å². The first-order valence-electron chi connectivity index (χ1n) is 5.94. The van der Waals surface area contributed by atoms with Gasteiger partial charge in [-0.2, -0.15) is 0 Å². The van der Waals surface area contributed by atoms with Gasteiger partial charge in [-0.25, -0.2) is 0 Å². The third-order valence-electron chi connectivity index (χ3n) is 3.34. The van der Waals surface area contributed by atoms with Gasteiger partial charge in [-0.3, -0.25) is 0 Å². The second-order valence-corrected chi connectivity index (χ2v) is 5.08. The molecule has 4 nitrogen and oxygen atoms in total. The van der Waals surface area contributed by atoms with Crippen LogP contribution in [0.3, 0.4) is 0 Å². The second kappa shape index (κ2) is 5.16. The molecule has 0 aliphatic heterocycles. The highest BCUT2D eigenvalue weighted by Crippen LogP contribution is 2.38. The molecule has 18 heavy (non-hydrogen) atoms. The highest BCUT2D eigenvalue weighted by molar-refractivity contribution is 5.54. The molecule has 1 rings (SSSR count). The molecule has 0 radical (unpaired) electrons. The summed E-state index contributed by atoms with van der Waals surface area (Å²) in [5, 5.41) is 10.1. The Morgan fingerprint density at radius 2 is 1.72 bits per heavy atom. The van der Waals surface area contributed by atoms with Crippen molar-refractivity contribution in [2.45, 2.75) is 39.3 Å². The van der Waals surface area contributed by atoms with E-state index in [-0.39, 0.29) is 0 Å². The van der Waals surface area contributed by atoms with Crippen molar-refractivity contribution in [3.05, 3.63) is 22.8 Å². The largest absolute Gasteiger partial charge is 0.496 e. The Balaban J connectivity index is 3.47. The molecule has 4 heteroatoms. The second-order valence-electron chi connectivity index (χ2n) is 5.08. The fourth-order valence-corrected chi connectivity index (χ4v) is 1.98. The van der Waals surface area contributed by atoms with Gasteiger partial charge in [-0.15, -0.1) is 0 Å². The molecular weight excluding hydrogens is 230 g/mol. The van der Waals surface area contributed by atoms with Gasteiger partial charge in [0, 0.05) is 5.56 Å². The average Bonchev–Trinajstić information content (AvgIpc) is 2.30. The zero-order valence-electron chi connectivity index (χ0n) is 12.0. The standard InChI is InChI=1S/C14H23NO3/c1-8-9(2)12(18-6)10(7-11(8)17-5)13(15)14(3,4)16/h7,13,16H,15H2,1-6H3. The number of methoxy groups -OCH3 is 2. The fourth-order valence-electron chi connectivity index (χ4n) is 1.98. The number of nitrogens with two attached hydrogens (primary N) is 1. The van der Waals surface area contributed by atoms with Crippen LogP contribution in [0.4, 0.5) is 0 Å². The van der Waals surface area contributed by atoms with E-state index in [1.165, 1.54) is 0 Å². The van der Waals surface area contributed by atoms with Crippen molar-refractivity contribution in [3.8, 4) is 11.5 Å². The van der Waals surface area contributed by atoms with Gasteiger partial charge >= 0.3 is 0 Å². The van der Waals surface area contributed by atoms with Gasteiger partial charge in [0.15, 0.2) is 0 Å². The van der Waals surface area contributed by atoms with Crippen molar-refractivity contribution in [2.75, 3.05) is 14.2 Å². The van der Waals surface area contributed by atoms with Gasteiger partial charge in [-0.1, -0.05) is 0 Å². The van der Waals surface area contributed by atoms with Crippen molar-refractivity contribution in [3.63, 3.8) is 0 Å². The minimum Gasteiger partial charge on any atom is -0.496 e. The van der Waals surface area contributed by atoms with Gasteiger partial charge in [-0.05, 0) is 44.9 Å². The molecule has 0 fully saturated rings. The highest BCUT2D eigenvalue weighted by atomic mass is 16.5. The Labute approximate surface area is 109 Å². The minimum atomic E-state index is -1.03. The summed E-state index contributed by atoms with van der Waals surface area (Å²) in [5.74, 6) is 1.46. The van der Waals surface area contributed by atoms with Crippen LogP contribution in [-0.4, -0.2) is 24.9 Å². The Hall–Kier alpha value is -1.26. The Bertz CT molecular complexity index is 436. The maximum absolute atomic E-state index is 10.1. The topological polar surface area (TPSA) is 64.7 Å². The minimum absolute atomic E-state index is 0.541. The Morgan fingerprint density at radius 3 is 2.11 bits per heavy atom. The summed E-state index contributed by atoms with van der Waals surface area (Å²) in [6.07, 6.45) is 0. The van der Waals surface area contributed by atoms with E-state index >= 15 is 0 Å². The van der Waals surface area contributed by atoms with Crippen LogP contribution in [0.5, 0.6) is 11.5 Å². The van der Waals surface area contributed by atoms with Crippen LogP contribution >= 0.6 is 0 Å². The monoisotopic (exact) mass is 253 g/mol. The molecule has 1 unspecified atom stereocenters. The van der Waals surface area contributed by atoms with Crippen molar-refractivity contribution in [1.29, 1.82) is 0 Å². The maximum Gasteiger partial charge on any atom is 0.127 e. The molecular formula is C14H23NO3. The molecule has 1 atom stereocenters. The summed E-state index contributed by atoms with van der Waals surface area (Å²) in [7, 11) is 3.22. The van der Waals surface area contributed by atoms with Gasteiger partial charge < -0.3 is 20.3 Å². The van der Waals surface area contributed by atoms with Crippen LogP contribution in [0.2, 0.25) is 0 Å². The summed E-state index contributed by atoms with van der Waals surface area (Å²) in [5.41, 5.74) is 7.83. The lowest BCUT2D eigenvalue weighted by atomic mass is 9.89. The zero-order valence-corrected chi connectivity index (χ0v) is 12.0. The first kappa shape index (κ1) is 14.8. The molecule has 0 amide bonds. The first-order chi connectivity index (χ1) is 8.23. The number of ether oxygens (including phenoxy) is 2. The zero-order chi connectivity index (χ0) is 14.1. The molecule has 3 N–H and O–H groups in total. The van der Waals surface area contributed by atoms with E-state index in [1.807, 2.05) is 19.9 Å². The molecule has 102 valence electrons. The molecule has 0 spiro atoms. The SMILES string of the molecule is COc1cc(C(N)C(C)(C)O)c(OC)c(C)c1C. The van der Waals surface area contributed by atoms with Gasteiger partial charge in [0.1, 0.15) is 11.5 Å². The quantitative estimate of drug-likeness (QED) is 0.862. The molecule has 0 bridgehead atoms. The lowest BCUT2D eigenvalue weighted by molar-refractivity contribution is 0.0507. The molecule has 0 aliphatic carbocycles. The highest BCUT2D eigenvalue weighted by Gasteiger charge is 2.29. The molecule has 1 aromatic rings. The number of rotatable bonds is 4. The Morgan fingerprint density at radius 1 is 1.17 bits per heavy atom. The van der Waals surface area contributed by atoms with Gasteiger partial charge in [0.25, 0.3) is 0 Å². The molecule has 0 aliphatic rings. The van der Waals surface area contributed by atoms with Crippen LogP contribution in [0, 0.1) is 13.8 Å². The summed E-state index contributed by atoms with van der Waals surface area (Å²) in [6, 6.07) is 1.30. The van der Waals surface area contributed by atoms with E-state index in [9.17, 15) is 5.11 Å². The lowest BCUT2D eigenvalue weighted by Crippen LogP contribution is -2.35. The normalized spacial score (nSPS) is 13.3. The summed E-state index contributed by atoms with van der Waals surface area (Å²) in [4.78, 5) is 0. The van der Waals surface area contributed by atoms with E-state index in [1.54, 1.807) is 28.1 Å². The van der Waals surface area contributed by atoms with E-state index in [2.05, 4.69) is 0 Å². The lowest BCUT2D eigenvalue weighted by Gasteiger charge is -2.29. The van der Waals surface area contributed by atoms with E-state index in [0.29, 0.717) is 5.75 Å². The predicted molar refractivity (Wildman–Crippen MR) is 72.2 cm³/mol. The molecule has 1 aromatic carbocycles. The average molecular weight is 253 g/mol. The van der Waals surface area contributed by atoms with E-state index in [0.717, 1.165) is 22.4 Å². The van der Waals surface area contributed by atoms with Crippen LogP contribution < -0.4 is 15.2 Å². The first-order valence-corrected chi connectivity index (χ1v) is 5.94. The van der Waals surface area contributed by atoms with Crippen molar-refractivity contribution < 1.29 is 14.6 Å². The third kappa shape index (κ3) is 2.60. The van der Waals surface area contributed by atoms with Crippen LogP contribution in [-0.2, 0) is 0 Å². The fraction of sp³-hybridized carbons (Fsp3) is 0.571. The number of hydrogen-bond acceptors (Lipinski definition) is 4. The molecule has 0 saturated heterocycles. The van der Waals surface area contributed by atoms with Crippen molar-refractivity contribution in [1.82, 2.24) is 0 Å². The van der Waals surface area contributed by atoms with E-state index in [4.69, 9.17) is 15.2 Å². The van der Waals surface area contributed by atoms with Gasteiger partial charge in [0.05, 0.1) is 25.9 Å². The summed E-state index contributed by atoms with van der Waals surface area (Å²) >= 11 is 0. The number of aliphatic hydroxyl groups is 1. The van der Waals surface area contributed by atoms with Crippen molar-refractivity contribution in [2.24, 2.45) is 5.73 Å². The molecule has 0 aromatic heterocycles. The smallest absolute Gasteiger partial charge is 0.127 e. The third-order valence-corrected chi connectivity index (χ3v) is 3.34. The summed E-state index contributed by atoms with van der Waals surface area (Å²) < 4.78 is 10.8. The maximum atomic E-state index is 10.1. The van der Waals surface area contributed by atoms with Crippen LogP contribution in [0.15, 0.2) is 6.07 Å².